The Morgan fingerprint density at radius 1 is 1.05 bits per heavy atom. The average Bonchev–Trinajstić information content (AvgIpc) is 3.25. The quantitative estimate of drug-likeness (QED) is 0.857. The van der Waals surface area contributed by atoms with Crippen LogP contribution in [0.1, 0.15) is 37.7 Å². The van der Waals surface area contributed by atoms with Crippen molar-refractivity contribution in [1.82, 2.24) is 5.32 Å². The van der Waals surface area contributed by atoms with Gasteiger partial charge in [-0.05, 0) is 71.8 Å². The summed E-state index contributed by atoms with van der Waals surface area (Å²) in [5, 5.41) is 7.73. The van der Waals surface area contributed by atoms with Crippen LogP contribution in [-0.4, -0.2) is 6.04 Å². The molecule has 0 radical (unpaired) electrons. The van der Waals surface area contributed by atoms with Crippen molar-refractivity contribution in [3.05, 3.63) is 35.2 Å². The molecule has 0 amide bonds. The molecule has 1 aromatic heterocycles. The molecule has 1 N–H and O–H groups in total. The van der Waals surface area contributed by atoms with E-state index >= 15 is 0 Å². The molecule has 21 heavy (non-hydrogen) atoms. The summed E-state index contributed by atoms with van der Waals surface area (Å²) in [6.07, 6.45) is 7.54. The third kappa shape index (κ3) is 1.92. The fourth-order valence-electron chi connectivity index (χ4n) is 5.71. The Balaban J connectivity index is 1.31. The maximum absolute atomic E-state index is 3.93. The third-order valence-corrected chi connectivity index (χ3v) is 7.56. The molecular weight excluding hydrogens is 274 g/mol. The van der Waals surface area contributed by atoms with Crippen LogP contribution in [0.2, 0.25) is 0 Å². The van der Waals surface area contributed by atoms with Crippen molar-refractivity contribution >= 4 is 21.4 Å². The van der Waals surface area contributed by atoms with Crippen LogP contribution in [0.25, 0.3) is 10.1 Å². The van der Waals surface area contributed by atoms with Crippen LogP contribution in [-0.2, 0) is 6.54 Å². The molecule has 1 aromatic carbocycles. The molecule has 2 heteroatoms. The fraction of sp³-hybridized carbons (Fsp3) is 0.579. The molecule has 3 fully saturated rings. The molecule has 0 saturated heterocycles. The number of fused-ring (bicyclic) bond motifs is 6. The van der Waals surface area contributed by atoms with E-state index < -0.39 is 0 Å². The van der Waals surface area contributed by atoms with Crippen molar-refractivity contribution in [2.75, 3.05) is 0 Å². The third-order valence-electron chi connectivity index (χ3n) is 6.54. The molecule has 0 aliphatic heterocycles. The van der Waals surface area contributed by atoms with Gasteiger partial charge in [0.15, 0.2) is 0 Å². The number of thiophene rings is 1. The summed E-state index contributed by atoms with van der Waals surface area (Å²) in [5.74, 6) is 4.22. The van der Waals surface area contributed by atoms with E-state index in [1.807, 2.05) is 11.3 Å². The Hall–Kier alpha value is -0.860. The van der Waals surface area contributed by atoms with Crippen LogP contribution in [0.5, 0.6) is 0 Å². The Bertz CT molecular complexity index is 660. The normalized spacial score (nSPS) is 37.4. The lowest BCUT2D eigenvalue weighted by atomic mass is 9.79. The molecule has 1 heterocycles. The highest BCUT2D eigenvalue weighted by molar-refractivity contribution is 7.17. The van der Waals surface area contributed by atoms with E-state index in [4.69, 9.17) is 0 Å². The lowest BCUT2D eigenvalue weighted by Gasteiger charge is -2.32. The molecule has 1 nitrogen and oxygen atoms in total. The van der Waals surface area contributed by atoms with Crippen molar-refractivity contribution in [1.29, 1.82) is 0 Å². The smallest absolute Gasteiger partial charge is 0.0346 e. The zero-order chi connectivity index (χ0) is 13.8. The minimum Gasteiger partial charge on any atom is -0.310 e. The lowest BCUT2D eigenvalue weighted by Crippen LogP contribution is -2.38. The van der Waals surface area contributed by atoms with Gasteiger partial charge in [-0.25, -0.2) is 0 Å². The zero-order valence-electron chi connectivity index (χ0n) is 12.4. The van der Waals surface area contributed by atoms with Crippen molar-refractivity contribution < 1.29 is 0 Å². The summed E-state index contributed by atoms with van der Waals surface area (Å²) in [6.45, 7) is 1.06. The minimum absolute atomic E-state index is 0.799. The van der Waals surface area contributed by atoms with E-state index in [0.29, 0.717) is 0 Å². The van der Waals surface area contributed by atoms with Gasteiger partial charge in [-0.15, -0.1) is 11.3 Å². The Morgan fingerprint density at radius 3 is 2.95 bits per heavy atom. The van der Waals surface area contributed by atoms with E-state index in [2.05, 4.69) is 35.0 Å². The van der Waals surface area contributed by atoms with Gasteiger partial charge in [0.2, 0.25) is 0 Å². The van der Waals surface area contributed by atoms with Gasteiger partial charge in [-0.2, -0.15) is 0 Å². The summed E-state index contributed by atoms with van der Waals surface area (Å²) in [4.78, 5) is 0. The summed E-state index contributed by atoms with van der Waals surface area (Å²) < 4.78 is 1.43. The summed E-state index contributed by atoms with van der Waals surface area (Å²) in [5.41, 5.74) is 1.50. The van der Waals surface area contributed by atoms with Gasteiger partial charge in [0, 0.05) is 17.3 Å². The first-order chi connectivity index (χ1) is 10.4. The van der Waals surface area contributed by atoms with E-state index in [1.165, 1.54) is 47.8 Å². The predicted octanol–water partition coefficient (Wildman–Crippen LogP) is 4.82. The number of rotatable bonds is 3. The number of benzene rings is 1. The van der Waals surface area contributed by atoms with Crippen molar-refractivity contribution in [3.63, 3.8) is 0 Å². The molecule has 3 saturated carbocycles. The summed E-state index contributed by atoms with van der Waals surface area (Å²) >= 11 is 1.89. The minimum atomic E-state index is 0.799. The van der Waals surface area contributed by atoms with Crippen molar-refractivity contribution in [2.45, 2.75) is 44.7 Å². The largest absolute Gasteiger partial charge is 0.310 e. The second kappa shape index (κ2) is 4.82. The van der Waals surface area contributed by atoms with Crippen molar-refractivity contribution in [3.8, 4) is 0 Å². The zero-order valence-corrected chi connectivity index (χ0v) is 13.2. The Kier molecular flexibility index (Phi) is 2.91. The van der Waals surface area contributed by atoms with Gasteiger partial charge in [0.1, 0.15) is 0 Å². The second-order valence-corrected chi connectivity index (χ2v) is 8.31. The monoisotopic (exact) mass is 297 g/mol. The van der Waals surface area contributed by atoms with Gasteiger partial charge in [-0.1, -0.05) is 24.6 Å². The molecule has 3 aliphatic rings. The SMILES string of the molecule is c1ccc2c(CNC3CC4CC3C3CCCC43)csc2c1. The molecule has 2 aromatic rings. The van der Waals surface area contributed by atoms with Gasteiger partial charge in [-0.3, -0.25) is 0 Å². The van der Waals surface area contributed by atoms with Crippen LogP contribution in [0, 0.1) is 23.7 Å². The molecule has 5 unspecified atom stereocenters. The van der Waals surface area contributed by atoms with Crippen molar-refractivity contribution in [2.24, 2.45) is 23.7 Å². The first kappa shape index (κ1) is 12.7. The predicted molar refractivity (Wildman–Crippen MR) is 89.5 cm³/mol. The maximum atomic E-state index is 3.93. The van der Waals surface area contributed by atoms with E-state index in [9.17, 15) is 0 Å². The molecule has 110 valence electrons. The number of nitrogens with one attached hydrogen (secondary N) is 1. The number of hydrogen-bond donors (Lipinski definition) is 1. The standard InChI is InChI=1S/C19H23NS/c1-2-7-19-15(4-1)13(11-21-19)10-20-18-9-12-8-17(18)16-6-3-5-14(12)16/h1-2,4,7,11-12,14,16-18,20H,3,5-6,8-10H2. The molecule has 3 aliphatic carbocycles. The highest BCUT2D eigenvalue weighted by Crippen LogP contribution is 2.58. The van der Waals surface area contributed by atoms with Gasteiger partial charge < -0.3 is 5.32 Å². The summed E-state index contributed by atoms with van der Waals surface area (Å²) in [7, 11) is 0. The average molecular weight is 297 g/mol. The van der Waals surface area contributed by atoms with Gasteiger partial charge in [0.25, 0.3) is 0 Å². The highest BCUT2D eigenvalue weighted by Gasteiger charge is 2.53. The first-order valence-corrected chi connectivity index (χ1v) is 9.46. The highest BCUT2D eigenvalue weighted by atomic mass is 32.1. The topological polar surface area (TPSA) is 12.0 Å². The van der Waals surface area contributed by atoms with Gasteiger partial charge in [0.05, 0.1) is 0 Å². The number of hydrogen-bond acceptors (Lipinski definition) is 2. The van der Waals surface area contributed by atoms with Crippen LogP contribution in [0.3, 0.4) is 0 Å². The second-order valence-electron chi connectivity index (χ2n) is 7.40. The van der Waals surface area contributed by atoms with Crippen LogP contribution in [0.4, 0.5) is 0 Å². The fourth-order valence-corrected chi connectivity index (χ4v) is 6.68. The van der Waals surface area contributed by atoms with E-state index in [1.54, 1.807) is 0 Å². The molecule has 2 bridgehead atoms. The molecular formula is C19H23NS. The van der Waals surface area contributed by atoms with E-state index in [-0.39, 0.29) is 0 Å². The maximum Gasteiger partial charge on any atom is 0.0346 e. The molecule has 5 rings (SSSR count). The molecule has 5 atom stereocenters. The molecule has 0 spiro atoms. The van der Waals surface area contributed by atoms with Gasteiger partial charge >= 0.3 is 0 Å². The first-order valence-electron chi connectivity index (χ1n) is 8.58. The van der Waals surface area contributed by atoms with Crippen LogP contribution >= 0.6 is 11.3 Å². The van der Waals surface area contributed by atoms with E-state index in [0.717, 1.165) is 36.3 Å². The summed E-state index contributed by atoms with van der Waals surface area (Å²) in [6, 6.07) is 9.62. The van der Waals surface area contributed by atoms with Crippen LogP contribution in [0.15, 0.2) is 29.6 Å². The Labute approximate surface area is 130 Å². The van der Waals surface area contributed by atoms with Crippen LogP contribution < -0.4 is 5.32 Å². The lowest BCUT2D eigenvalue weighted by molar-refractivity contribution is 0.208. The Morgan fingerprint density at radius 2 is 1.95 bits per heavy atom.